The van der Waals surface area contributed by atoms with Crippen molar-refractivity contribution in [3.63, 3.8) is 0 Å². The van der Waals surface area contributed by atoms with Crippen LogP contribution in [0.5, 0.6) is 0 Å². The Balaban J connectivity index is 1.68. The lowest BCUT2D eigenvalue weighted by Crippen LogP contribution is -2.37. The van der Waals surface area contributed by atoms with Crippen LogP contribution in [-0.2, 0) is 12.0 Å². The number of carbonyl (C=O) groups excluding carboxylic acids is 1. The van der Waals surface area contributed by atoms with Crippen LogP contribution in [0.2, 0.25) is 0 Å². The number of likely N-dealkylation sites (tertiary alicyclic amines) is 1. The average molecular weight is 351 g/mol. The van der Waals surface area contributed by atoms with Crippen molar-refractivity contribution in [2.75, 3.05) is 18.4 Å². The molecule has 2 N–H and O–H groups in total. The molecule has 2 amide bonds. The van der Waals surface area contributed by atoms with E-state index in [1.807, 2.05) is 6.92 Å². The zero-order valence-corrected chi connectivity index (χ0v) is 14.8. The van der Waals surface area contributed by atoms with E-state index < -0.39 is 5.60 Å². The topological polar surface area (TPSA) is 104 Å². The molecule has 1 unspecified atom stereocenters. The van der Waals surface area contributed by atoms with Crippen LogP contribution < -0.4 is 5.32 Å². The van der Waals surface area contributed by atoms with Crippen molar-refractivity contribution in [3.8, 4) is 0 Å². The third kappa shape index (κ3) is 3.13. The first kappa shape index (κ1) is 16.8. The van der Waals surface area contributed by atoms with Crippen LogP contribution in [0.15, 0.2) is 10.0 Å². The number of amides is 2. The molecule has 0 aromatic carbocycles. The Kier molecular flexibility index (Phi) is 4.55. The summed E-state index contributed by atoms with van der Waals surface area (Å²) >= 11 is 1.52. The van der Waals surface area contributed by atoms with Gasteiger partial charge in [-0.2, -0.15) is 4.98 Å². The Bertz CT molecular complexity index is 728. The van der Waals surface area contributed by atoms with Crippen molar-refractivity contribution >= 4 is 23.2 Å². The lowest BCUT2D eigenvalue weighted by atomic mass is 10.0. The van der Waals surface area contributed by atoms with Crippen molar-refractivity contribution in [1.29, 1.82) is 0 Å². The number of hydrogen-bond donors (Lipinski definition) is 2. The second-order valence-corrected chi connectivity index (χ2v) is 7.11. The molecule has 2 aromatic rings. The molecule has 1 aliphatic rings. The molecule has 0 radical (unpaired) electrons. The zero-order valence-electron chi connectivity index (χ0n) is 13.9. The zero-order chi connectivity index (χ0) is 17.3. The Morgan fingerprint density at radius 1 is 1.58 bits per heavy atom. The molecular weight excluding hydrogens is 330 g/mol. The summed E-state index contributed by atoms with van der Waals surface area (Å²) < 4.78 is 5.15. The number of aromatic nitrogens is 3. The minimum Gasteiger partial charge on any atom is -0.378 e. The number of urea groups is 1. The van der Waals surface area contributed by atoms with E-state index in [1.54, 1.807) is 10.4 Å². The van der Waals surface area contributed by atoms with Gasteiger partial charge in [0.2, 0.25) is 0 Å². The molecule has 1 fully saturated rings. The van der Waals surface area contributed by atoms with Crippen LogP contribution in [0, 0.1) is 0 Å². The Morgan fingerprint density at radius 3 is 3.04 bits per heavy atom. The predicted molar refractivity (Wildman–Crippen MR) is 89.0 cm³/mol. The first-order valence-corrected chi connectivity index (χ1v) is 8.85. The maximum Gasteiger partial charge on any atom is 0.323 e. The van der Waals surface area contributed by atoms with Crippen LogP contribution in [-0.4, -0.2) is 44.3 Å². The number of rotatable bonds is 4. The fourth-order valence-electron chi connectivity index (χ4n) is 2.67. The second kappa shape index (κ2) is 6.48. The summed E-state index contributed by atoms with van der Waals surface area (Å²) in [5.74, 6) is 1.59. The molecule has 8 nitrogen and oxygen atoms in total. The molecule has 0 aliphatic carbocycles. The highest BCUT2D eigenvalue weighted by molar-refractivity contribution is 7.10. The molecule has 0 saturated carbocycles. The van der Waals surface area contributed by atoms with Crippen LogP contribution in [0.4, 0.5) is 10.6 Å². The van der Waals surface area contributed by atoms with E-state index in [0.717, 1.165) is 4.88 Å². The van der Waals surface area contributed by atoms with Crippen molar-refractivity contribution in [2.45, 2.75) is 45.1 Å². The largest absolute Gasteiger partial charge is 0.378 e. The number of aryl methyl sites for hydroxylation is 1. The quantitative estimate of drug-likeness (QED) is 0.876. The first-order chi connectivity index (χ1) is 11.4. The van der Waals surface area contributed by atoms with E-state index in [1.165, 1.54) is 11.3 Å². The highest BCUT2D eigenvalue weighted by Gasteiger charge is 2.44. The molecule has 1 atom stereocenters. The van der Waals surface area contributed by atoms with Gasteiger partial charge in [-0.25, -0.2) is 9.78 Å². The maximum atomic E-state index is 12.5. The maximum absolute atomic E-state index is 12.5. The minimum absolute atomic E-state index is 0.116. The molecule has 0 bridgehead atoms. The normalized spacial score (nSPS) is 20.8. The van der Waals surface area contributed by atoms with Gasteiger partial charge >= 0.3 is 6.03 Å². The van der Waals surface area contributed by atoms with E-state index in [9.17, 15) is 9.90 Å². The van der Waals surface area contributed by atoms with E-state index in [0.29, 0.717) is 31.0 Å². The van der Waals surface area contributed by atoms with Gasteiger partial charge < -0.3 is 14.5 Å². The van der Waals surface area contributed by atoms with Crippen molar-refractivity contribution < 1.29 is 14.4 Å². The van der Waals surface area contributed by atoms with Gasteiger partial charge in [-0.05, 0) is 5.92 Å². The van der Waals surface area contributed by atoms with Crippen LogP contribution in [0.25, 0.3) is 0 Å². The van der Waals surface area contributed by atoms with Crippen molar-refractivity contribution in [3.05, 3.63) is 22.1 Å². The summed E-state index contributed by atoms with van der Waals surface area (Å²) in [5, 5.41) is 17.4. The summed E-state index contributed by atoms with van der Waals surface area (Å²) in [5.41, 5.74) is 0.427. The average Bonchev–Trinajstić information content (AvgIpc) is 3.25. The standard InChI is InChI=1S/C15H21N5O3S/c1-4-10-17-13(23-19-10)15(22)5-6-20(7-15)14(21)18-12-11(9(2)3)24-8-16-12/h8-9,22H,4-7H2,1-3H3,(H,18,21). The Morgan fingerprint density at radius 2 is 2.38 bits per heavy atom. The number of nitrogens with one attached hydrogen (secondary N) is 1. The SMILES string of the molecule is CCc1noc(C2(O)CCN(C(=O)Nc3ncsc3C(C)C)C2)n1. The van der Waals surface area contributed by atoms with Gasteiger partial charge in [0, 0.05) is 19.4 Å². The third-order valence-corrected chi connectivity index (χ3v) is 5.19. The highest BCUT2D eigenvalue weighted by atomic mass is 32.1. The number of anilines is 1. The molecule has 9 heteroatoms. The molecule has 3 rings (SSSR count). The third-order valence-electron chi connectivity index (χ3n) is 4.06. The lowest BCUT2D eigenvalue weighted by molar-refractivity contribution is 0.0171. The van der Waals surface area contributed by atoms with Crippen LogP contribution in [0.1, 0.15) is 49.7 Å². The van der Waals surface area contributed by atoms with Crippen molar-refractivity contribution in [2.24, 2.45) is 0 Å². The van der Waals surface area contributed by atoms with E-state index in [4.69, 9.17) is 4.52 Å². The predicted octanol–water partition coefficient (Wildman–Crippen LogP) is 2.34. The van der Waals surface area contributed by atoms with E-state index >= 15 is 0 Å². The van der Waals surface area contributed by atoms with Gasteiger partial charge in [0.05, 0.1) is 16.9 Å². The van der Waals surface area contributed by atoms with E-state index in [2.05, 4.69) is 34.3 Å². The number of aliphatic hydroxyl groups is 1. The second-order valence-electron chi connectivity index (χ2n) is 6.22. The lowest BCUT2D eigenvalue weighted by Gasteiger charge is -2.20. The summed E-state index contributed by atoms with van der Waals surface area (Å²) in [6.07, 6.45) is 0.992. The van der Waals surface area contributed by atoms with Crippen LogP contribution in [0.3, 0.4) is 0 Å². The number of β-amino-alcohol motifs (C(OH)–C–C–N with tert-alkyl or cyclic N) is 1. The number of hydrogen-bond acceptors (Lipinski definition) is 7. The van der Waals surface area contributed by atoms with Gasteiger partial charge in [0.15, 0.2) is 11.4 Å². The smallest absolute Gasteiger partial charge is 0.323 e. The van der Waals surface area contributed by atoms with Gasteiger partial charge in [0.1, 0.15) is 5.82 Å². The number of thiazole rings is 1. The summed E-state index contributed by atoms with van der Waals surface area (Å²) in [6.45, 7) is 6.54. The fourth-order valence-corrected chi connectivity index (χ4v) is 3.43. The van der Waals surface area contributed by atoms with Crippen molar-refractivity contribution in [1.82, 2.24) is 20.0 Å². The number of nitrogens with zero attached hydrogens (tertiary/aromatic N) is 4. The monoisotopic (exact) mass is 351 g/mol. The van der Waals surface area contributed by atoms with Crippen LogP contribution >= 0.6 is 11.3 Å². The Labute approximate surface area is 143 Å². The molecular formula is C15H21N5O3S. The van der Waals surface area contributed by atoms with Gasteiger partial charge in [-0.15, -0.1) is 11.3 Å². The van der Waals surface area contributed by atoms with Gasteiger partial charge in [-0.1, -0.05) is 25.9 Å². The molecule has 1 saturated heterocycles. The summed E-state index contributed by atoms with van der Waals surface area (Å²) in [4.78, 5) is 23.4. The molecule has 0 spiro atoms. The van der Waals surface area contributed by atoms with Gasteiger partial charge in [0.25, 0.3) is 5.89 Å². The molecule has 24 heavy (non-hydrogen) atoms. The van der Waals surface area contributed by atoms with Gasteiger partial charge in [-0.3, -0.25) is 5.32 Å². The summed E-state index contributed by atoms with van der Waals surface area (Å²) in [7, 11) is 0. The molecule has 2 aromatic heterocycles. The highest BCUT2D eigenvalue weighted by Crippen LogP contribution is 2.32. The Hall–Kier alpha value is -2.00. The molecule has 3 heterocycles. The first-order valence-electron chi connectivity index (χ1n) is 7.97. The molecule has 1 aliphatic heterocycles. The van der Waals surface area contributed by atoms with E-state index in [-0.39, 0.29) is 24.4 Å². The summed E-state index contributed by atoms with van der Waals surface area (Å²) in [6, 6.07) is -0.283. The minimum atomic E-state index is -1.29. The molecule has 130 valence electrons. The fraction of sp³-hybridized carbons (Fsp3) is 0.600. The number of carbonyl (C=O) groups is 1.